The van der Waals surface area contributed by atoms with Crippen LogP contribution >= 0.6 is 0 Å². The van der Waals surface area contributed by atoms with E-state index in [-0.39, 0.29) is 6.04 Å². The Labute approximate surface area is 154 Å². The van der Waals surface area contributed by atoms with Crippen molar-refractivity contribution in [3.8, 4) is 0 Å². The summed E-state index contributed by atoms with van der Waals surface area (Å²) in [6.07, 6.45) is 3.87. The molecule has 1 aliphatic rings. The molecule has 6 nitrogen and oxygen atoms in total. The molecule has 2 unspecified atom stereocenters. The molecule has 26 heavy (non-hydrogen) atoms. The van der Waals surface area contributed by atoms with Gasteiger partial charge in [0.05, 0.1) is 12.6 Å². The van der Waals surface area contributed by atoms with Crippen molar-refractivity contribution in [1.82, 2.24) is 25.3 Å². The van der Waals surface area contributed by atoms with Gasteiger partial charge in [0.2, 0.25) is 0 Å². The lowest BCUT2D eigenvalue weighted by molar-refractivity contribution is 0.166. The van der Waals surface area contributed by atoms with Crippen LogP contribution in [0.5, 0.6) is 0 Å². The summed E-state index contributed by atoms with van der Waals surface area (Å²) in [6, 6.07) is 11.0. The van der Waals surface area contributed by atoms with Crippen LogP contribution < -0.4 is 10.9 Å². The van der Waals surface area contributed by atoms with Gasteiger partial charge in [-0.1, -0.05) is 18.2 Å². The summed E-state index contributed by atoms with van der Waals surface area (Å²) in [6.45, 7) is 7.24. The van der Waals surface area contributed by atoms with Gasteiger partial charge in [0.25, 0.3) is 0 Å². The standard InChI is InChI=1S/C20H27N5O/c1-14(2)25(13-19-21-8-9-24(19)3)12-16-11-22-23-20(16)18-10-15-6-4-5-7-17(15)26-18/h4-10,14,16,20,22-23H,11-13H2,1-3H3. The number of aromatic nitrogens is 2. The Morgan fingerprint density at radius 3 is 2.92 bits per heavy atom. The molecule has 0 amide bonds. The zero-order chi connectivity index (χ0) is 18.1. The summed E-state index contributed by atoms with van der Waals surface area (Å²) in [4.78, 5) is 6.97. The zero-order valence-electron chi connectivity index (χ0n) is 15.6. The fourth-order valence-electron chi connectivity index (χ4n) is 3.65. The van der Waals surface area contributed by atoms with Gasteiger partial charge in [0, 0.05) is 49.9 Å². The number of benzene rings is 1. The normalized spacial score (nSPS) is 20.7. The summed E-state index contributed by atoms with van der Waals surface area (Å²) < 4.78 is 8.21. The summed E-state index contributed by atoms with van der Waals surface area (Å²) in [5.41, 5.74) is 7.68. The largest absolute Gasteiger partial charge is 0.459 e. The van der Waals surface area contributed by atoms with E-state index in [1.807, 2.05) is 30.6 Å². The molecule has 6 heteroatoms. The summed E-state index contributed by atoms with van der Waals surface area (Å²) >= 11 is 0. The lowest BCUT2D eigenvalue weighted by Crippen LogP contribution is -2.37. The van der Waals surface area contributed by atoms with Gasteiger partial charge in [-0.05, 0) is 26.0 Å². The number of furan rings is 1. The summed E-state index contributed by atoms with van der Waals surface area (Å²) in [5, 5.41) is 1.16. The zero-order valence-corrected chi connectivity index (χ0v) is 15.6. The Morgan fingerprint density at radius 1 is 1.35 bits per heavy atom. The van der Waals surface area contributed by atoms with Crippen LogP contribution in [0.3, 0.4) is 0 Å². The molecule has 3 aromatic rings. The first kappa shape index (κ1) is 17.3. The number of aryl methyl sites for hydroxylation is 1. The smallest absolute Gasteiger partial charge is 0.134 e. The maximum Gasteiger partial charge on any atom is 0.134 e. The first-order chi connectivity index (χ1) is 12.6. The van der Waals surface area contributed by atoms with Crippen LogP contribution in [0.4, 0.5) is 0 Å². The maximum absolute atomic E-state index is 6.11. The maximum atomic E-state index is 6.11. The molecule has 0 radical (unpaired) electrons. The van der Waals surface area contributed by atoms with Crippen LogP contribution in [0.2, 0.25) is 0 Å². The lowest BCUT2D eigenvalue weighted by Gasteiger charge is -2.30. The van der Waals surface area contributed by atoms with Gasteiger partial charge in [-0.25, -0.2) is 10.4 Å². The monoisotopic (exact) mass is 353 g/mol. The highest BCUT2D eigenvalue weighted by Crippen LogP contribution is 2.31. The SMILES string of the molecule is CC(C)N(Cc1nccn1C)CC1CNNC1c1cc2ccccc2o1. The van der Waals surface area contributed by atoms with Crippen molar-refractivity contribution in [1.29, 1.82) is 0 Å². The molecule has 1 aliphatic heterocycles. The van der Waals surface area contributed by atoms with Crippen molar-refractivity contribution in [3.05, 3.63) is 54.3 Å². The van der Waals surface area contributed by atoms with Gasteiger partial charge < -0.3 is 8.98 Å². The van der Waals surface area contributed by atoms with Crippen LogP contribution in [-0.4, -0.2) is 33.6 Å². The molecule has 138 valence electrons. The van der Waals surface area contributed by atoms with Gasteiger partial charge >= 0.3 is 0 Å². The number of hydrazine groups is 1. The quantitative estimate of drug-likeness (QED) is 0.714. The van der Waals surface area contributed by atoms with E-state index in [0.29, 0.717) is 12.0 Å². The predicted octanol–water partition coefficient (Wildman–Crippen LogP) is 2.84. The highest BCUT2D eigenvalue weighted by molar-refractivity contribution is 5.77. The van der Waals surface area contributed by atoms with Crippen LogP contribution in [0.15, 0.2) is 47.1 Å². The average molecular weight is 353 g/mol. The van der Waals surface area contributed by atoms with E-state index in [0.717, 1.165) is 42.2 Å². The van der Waals surface area contributed by atoms with Gasteiger partial charge in [-0.2, -0.15) is 0 Å². The van der Waals surface area contributed by atoms with E-state index in [9.17, 15) is 0 Å². The fourth-order valence-corrected chi connectivity index (χ4v) is 3.65. The van der Waals surface area contributed by atoms with Crippen molar-refractivity contribution in [2.75, 3.05) is 13.1 Å². The lowest BCUT2D eigenvalue weighted by atomic mass is 9.98. The number of para-hydroxylation sites is 1. The Hall–Kier alpha value is -2.15. The van der Waals surface area contributed by atoms with E-state index in [4.69, 9.17) is 4.42 Å². The van der Waals surface area contributed by atoms with Gasteiger partial charge in [-0.3, -0.25) is 10.3 Å². The van der Waals surface area contributed by atoms with Crippen LogP contribution in [0, 0.1) is 5.92 Å². The number of nitrogens with zero attached hydrogens (tertiary/aromatic N) is 3. The molecule has 1 fully saturated rings. The van der Waals surface area contributed by atoms with Crippen molar-refractivity contribution < 1.29 is 4.42 Å². The molecule has 2 aromatic heterocycles. The van der Waals surface area contributed by atoms with E-state index in [1.54, 1.807) is 0 Å². The number of nitrogens with one attached hydrogen (secondary N) is 2. The fraction of sp³-hybridized carbons (Fsp3) is 0.450. The molecular formula is C20H27N5O. The Kier molecular flexibility index (Phi) is 4.80. The summed E-state index contributed by atoms with van der Waals surface area (Å²) in [5.74, 6) is 2.53. The van der Waals surface area contributed by atoms with Gasteiger partial charge in [-0.15, -0.1) is 0 Å². The van der Waals surface area contributed by atoms with Crippen molar-refractivity contribution in [2.24, 2.45) is 13.0 Å². The van der Waals surface area contributed by atoms with E-state index >= 15 is 0 Å². The number of hydrogen-bond acceptors (Lipinski definition) is 5. The Balaban J connectivity index is 1.52. The molecule has 2 atom stereocenters. The number of imidazole rings is 1. The second-order valence-electron chi connectivity index (χ2n) is 7.43. The topological polar surface area (TPSA) is 58.3 Å². The second-order valence-corrected chi connectivity index (χ2v) is 7.43. The van der Waals surface area contributed by atoms with Gasteiger partial charge in [0.15, 0.2) is 0 Å². The minimum Gasteiger partial charge on any atom is -0.459 e. The molecule has 0 bridgehead atoms. The molecule has 0 spiro atoms. The molecule has 0 saturated carbocycles. The molecule has 0 aliphatic carbocycles. The molecule has 1 saturated heterocycles. The van der Waals surface area contributed by atoms with Crippen molar-refractivity contribution in [3.63, 3.8) is 0 Å². The highest BCUT2D eigenvalue weighted by Gasteiger charge is 2.33. The third-order valence-electron chi connectivity index (χ3n) is 5.31. The first-order valence-electron chi connectivity index (χ1n) is 9.29. The Bertz CT molecular complexity index is 835. The number of rotatable bonds is 6. The van der Waals surface area contributed by atoms with Crippen molar-refractivity contribution >= 4 is 11.0 Å². The molecule has 4 rings (SSSR count). The van der Waals surface area contributed by atoms with E-state index < -0.39 is 0 Å². The van der Waals surface area contributed by atoms with Gasteiger partial charge in [0.1, 0.15) is 17.2 Å². The van der Waals surface area contributed by atoms with Crippen LogP contribution in [0.1, 0.15) is 31.5 Å². The van der Waals surface area contributed by atoms with Crippen LogP contribution in [-0.2, 0) is 13.6 Å². The van der Waals surface area contributed by atoms with E-state index in [1.165, 1.54) is 0 Å². The van der Waals surface area contributed by atoms with Crippen LogP contribution in [0.25, 0.3) is 11.0 Å². The minimum absolute atomic E-state index is 0.171. The van der Waals surface area contributed by atoms with Crippen molar-refractivity contribution in [2.45, 2.75) is 32.5 Å². The average Bonchev–Trinajstić information content (AvgIpc) is 3.33. The molecule has 2 N–H and O–H groups in total. The third-order valence-corrected chi connectivity index (χ3v) is 5.31. The second kappa shape index (κ2) is 7.23. The predicted molar refractivity (Wildman–Crippen MR) is 102 cm³/mol. The first-order valence-corrected chi connectivity index (χ1v) is 9.29. The molecule has 3 heterocycles. The third kappa shape index (κ3) is 3.40. The number of hydrogen-bond donors (Lipinski definition) is 2. The molecule has 1 aromatic carbocycles. The Morgan fingerprint density at radius 2 is 2.19 bits per heavy atom. The summed E-state index contributed by atoms with van der Waals surface area (Å²) in [7, 11) is 2.05. The highest BCUT2D eigenvalue weighted by atomic mass is 16.3. The number of fused-ring (bicyclic) bond motifs is 1. The molecular weight excluding hydrogens is 326 g/mol. The van der Waals surface area contributed by atoms with E-state index in [2.05, 4.69) is 58.3 Å². The minimum atomic E-state index is 0.171.